The Labute approximate surface area is 98.4 Å². The SMILES string of the molecule is C=C1c2c(C)cccc2NC(=O)N1CC(=O)O. The van der Waals surface area contributed by atoms with Crippen LogP contribution in [0, 0.1) is 6.92 Å². The Morgan fingerprint density at radius 1 is 1.53 bits per heavy atom. The first-order chi connectivity index (χ1) is 8.00. The molecule has 0 aliphatic carbocycles. The van der Waals surface area contributed by atoms with E-state index in [1.807, 2.05) is 19.1 Å². The zero-order valence-electron chi connectivity index (χ0n) is 9.36. The third kappa shape index (κ3) is 1.87. The molecule has 0 saturated heterocycles. The lowest BCUT2D eigenvalue weighted by Crippen LogP contribution is -2.40. The quantitative estimate of drug-likeness (QED) is 0.818. The number of hydrogen-bond donors (Lipinski definition) is 2. The van der Waals surface area contributed by atoms with E-state index in [0.29, 0.717) is 11.4 Å². The number of carbonyl (C=O) groups is 2. The lowest BCUT2D eigenvalue weighted by molar-refractivity contribution is -0.137. The maximum atomic E-state index is 11.7. The average Bonchev–Trinajstić information content (AvgIpc) is 2.23. The fourth-order valence-electron chi connectivity index (χ4n) is 1.90. The molecule has 88 valence electrons. The number of nitrogens with zero attached hydrogens (tertiary/aromatic N) is 1. The van der Waals surface area contributed by atoms with Crippen molar-refractivity contribution in [2.75, 3.05) is 11.9 Å². The lowest BCUT2D eigenvalue weighted by atomic mass is 10.0. The van der Waals surface area contributed by atoms with Gasteiger partial charge in [0.25, 0.3) is 0 Å². The van der Waals surface area contributed by atoms with Crippen LogP contribution in [0.2, 0.25) is 0 Å². The highest BCUT2D eigenvalue weighted by Crippen LogP contribution is 2.32. The number of rotatable bonds is 2. The molecule has 5 heteroatoms. The fraction of sp³-hybridized carbons (Fsp3) is 0.167. The molecule has 1 aromatic carbocycles. The predicted octanol–water partition coefficient (Wildman–Crippen LogP) is 1.90. The number of carbonyl (C=O) groups excluding carboxylic acids is 1. The summed E-state index contributed by atoms with van der Waals surface area (Å²) in [5, 5.41) is 11.4. The highest BCUT2D eigenvalue weighted by Gasteiger charge is 2.28. The summed E-state index contributed by atoms with van der Waals surface area (Å²) in [5.74, 6) is -1.07. The largest absolute Gasteiger partial charge is 0.480 e. The topological polar surface area (TPSA) is 69.6 Å². The molecule has 0 radical (unpaired) electrons. The van der Waals surface area contributed by atoms with Crippen molar-refractivity contribution >= 4 is 23.4 Å². The van der Waals surface area contributed by atoms with E-state index in [1.165, 1.54) is 0 Å². The first kappa shape index (κ1) is 11.2. The number of carboxylic acids is 1. The Morgan fingerprint density at radius 3 is 2.88 bits per heavy atom. The van der Waals surface area contributed by atoms with Crippen LogP contribution < -0.4 is 5.32 Å². The number of benzene rings is 1. The van der Waals surface area contributed by atoms with Crippen molar-refractivity contribution in [1.82, 2.24) is 4.90 Å². The van der Waals surface area contributed by atoms with Gasteiger partial charge in [-0.3, -0.25) is 9.69 Å². The Morgan fingerprint density at radius 2 is 2.24 bits per heavy atom. The minimum Gasteiger partial charge on any atom is -0.480 e. The molecule has 0 unspecified atom stereocenters. The molecule has 0 atom stereocenters. The lowest BCUT2D eigenvalue weighted by Gasteiger charge is -2.31. The number of aliphatic carboxylic acids is 1. The van der Waals surface area contributed by atoms with Gasteiger partial charge in [-0.1, -0.05) is 18.7 Å². The Bertz CT molecular complexity index is 522. The van der Waals surface area contributed by atoms with E-state index in [2.05, 4.69) is 11.9 Å². The zero-order valence-corrected chi connectivity index (χ0v) is 9.36. The van der Waals surface area contributed by atoms with Crippen LogP contribution in [0.3, 0.4) is 0 Å². The molecule has 1 aliphatic rings. The van der Waals surface area contributed by atoms with Crippen molar-refractivity contribution in [2.24, 2.45) is 0 Å². The molecule has 0 bridgehead atoms. The minimum atomic E-state index is -1.07. The van der Waals surface area contributed by atoms with E-state index in [-0.39, 0.29) is 0 Å². The van der Waals surface area contributed by atoms with Crippen LogP contribution in [0.15, 0.2) is 24.8 Å². The summed E-state index contributed by atoms with van der Waals surface area (Å²) in [6.45, 7) is 5.30. The normalized spacial score (nSPS) is 14.3. The van der Waals surface area contributed by atoms with Gasteiger partial charge in [0.2, 0.25) is 0 Å². The van der Waals surface area contributed by atoms with Crippen molar-refractivity contribution < 1.29 is 14.7 Å². The number of amides is 2. The van der Waals surface area contributed by atoms with Crippen molar-refractivity contribution in [3.63, 3.8) is 0 Å². The number of urea groups is 1. The number of fused-ring (bicyclic) bond motifs is 1. The smallest absolute Gasteiger partial charge is 0.326 e. The maximum Gasteiger partial charge on any atom is 0.326 e. The number of aryl methyl sites for hydroxylation is 1. The number of anilines is 1. The van der Waals surface area contributed by atoms with Gasteiger partial charge in [-0.2, -0.15) is 0 Å². The standard InChI is InChI=1S/C12H12N2O3/c1-7-4-3-5-9-11(7)8(2)14(6-10(15)16)12(17)13-9/h3-5H,2,6H2,1H3,(H,13,17)(H,15,16). The molecule has 2 amide bonds. The second kappa shape index (κ2) is 3.93. The van der Waals surface area contributed by atoms with Gasteiger partial charge >= 0.3 is 12.0 Å². The van der Waals surface area contributed by atoms with Crippen molar-refractivity contribution in [3.8, 4) is 0 Å². The molecule has 2 rings (SSSR count). The Kier molecular flexibility index (Phi) is 2.59. The summed E-state index contributed by atoms with van der Waals surface area (Å²) in [6, 6.07) is 5.02. The van der Waals surface area contributed by atoms with Gasteiger partial charge < -0.3 is 10.4 Å². The average molecular weight is 232 g/mol. The summed E-state index contributed by atoms with van der Waals surface area (Å²) in [7, 11) is 0. The molecule has 17 heavy (non-hydrogen) atoms. The minimum absolute atomic E-state index is 0.390. The van der Waals surface area contributed by atoms with Crippen molar-refractivity contribution in [3.05, 3.63) is 35.9 Å². The molecular weight excluding hydrogens is 220 g/mol. The molecule has 1 aliphatic heterocycles. The van der Waals surface area contributed by atoms with Crippen LogP contribution in [0.4, 0.5) is 10.5 Å². The van der Waals surface area contributed by atoms with Gasteiger partial charge in [0.05, 0.1) is 5.69 Å². The van der Waals surface area contributed by atoms with Gasteiger partial charge in [-0.25, -0.2) is 4.79 Å². The monoisotopic (exact) mass is 232 g/mol. The second-order valence-corrected chi connectivity index (χ2v) is 3.85. The molecule has 2 N–H and O–H groups in total. The van der Waals surface area contributed by atoms with Gasteiger partial charge in [-0.05, 0) is 18.6 Å². The van der Waals surface area contributed by atoms with Gasteiger partial charge in [0, 0.05) is 11.3 Å². The van der Waals surface area contributed by atoms with Gasteiger partial charge in [-0.15, -0.1) is 0 Å². The van der Waals surface area contributed by atoms with Crippen LogP contribution in [-0.2, 0) is 4.79 Å². The third-order valence-corrected chi connectivity index (χ3v) is 2.67. The molecule has 0 aromatic heterocycles. The first-order valence-electron chi connectivity index (χ1n) is 5.10. The van der Waals surface area contributed by atoms with E-state index in [4.69, 9.17) is 5.11 Å². The van der Waals surface area contributed by atoms with Crippen LogP contribution in [0.25, 0.3) is 5.70 Å². The first-order valence-corrected chi connectivity index (χ1v) is 5.10. The summed E-state index contributed by atoms with van der Waals surface area (Å²) in [6.07, 6.45) is 0. The Balaban J connectivity index is 2.45. The molecule has 1 heterocycles. The van der Waals surface area contributed by atoms with E-state index in [0.717, 1.165) is 16.0 Å². The maximum absolute atomic E-state index is 11.7. The van der Waals surface area contributed by atoms with Crippen molar-refractivity contribution in [1.29, 1.82) is 0 Å². The zero-order chi connectivity index (χ0) is 12.6. The van der Waals surface area contributed by atoms with Crippen LogP contribution in [0.1, 0.15) is 11.1 Å². The highest BCUT2D eigenvalue weighted by atomic mass is 16.4. The summed E-state index contributed by atoms with van der Waals surface area (Å²) in [5.41, 5.74) is 2.82. The molecule has 0 saturated carbocycles. The summed E-state index contributed by atoms with van der Waals surface area (Å²) < 4.78 is 0. The van der Waals surface area contributed by atoms with Gasteiger partial charge in [0.15, 0.2) is 0 Å². The molecule has 0 spiro atoms. The van der Waals surface area contributed by atoms with Crippen LogP contribution in [0.5, 0.6) is 0 Å². The summed E-state index contributed by atoms with van der Waals surface area (Å²) >= 11 is 0. The molecule has 1 aromatic rings. The van der Waals surface area contributed by atoms with Crippen LogP contribution >= 0.6 is 0 Å². The molecule has 0 fully saturated rings. The van der Waals surface area contributed by atoms with E-state index in [9.17, 15) is 9.59 Å². The molecule has 5 nitrogen and oxygen atoms in total. The highest BCUT2D eigenvalue weighted by molar-refractivity contribution is 6.04. The van der Waals surface area contributed by atoms with Crippen molar-refractivity contribution in [2.45, 2.75) is 6.92 Å². The van der Waals surface area contributed by atoms with Gasteiger partial charge in [0.1, 0.15) is 6.54 Å². The number of nitrogens with one attached hydrogen (secondary N) is 1. The van der Waals surface area contributed by atoms with Crippen LogP contribution in [-0.4, -0.2) is 28.6 Å². The second-order valence-electron chi connectivity index (χ2n) is 3.85. The predicted molar refractivity (Wildman–Crippen MR) is 63.6 cm³/mol. The summed E-state index contributed by atoms with van der Waals surface area (Å²) in [4.78, 5) is 23.5. The van der Waals surface area contributed by atoms with E-state index < -0.39 is 18.5 Å². The fourth-order valence-corrected chi connectivity index (χ4v) is 1.90. The number of hydrogen-bond acceptors (Lipinski definition) is 2. The Hall–Kier alpha value is -2.30. The third-order valence-electron chi connectivity index (χ3n) is 2.67. The molecular formula is C12H12N2O3. The van der Waals surface area contributed by atoms with E-state index >= 15 is 0 Å². The number of carboxylic acid groups (broad SMARTS) is 1. The van der Waals surface area contributed by atoms with E-state index in [1.54, 1.807) is 6.07 Å².